The van der Waals surface area contributed by atoms with Crippen LogP contribution in [-0.4, -0.2) is 43.4 Å². The number of aliphatic hydroxyl groups is 1. The van der Waals surface area contributed by atoms with Gasteiger partial charge in [0.15, 0.2) is 6.54 Å². The van der Waals surface area contributed by atoms with E-state index >= 15 is 0 Å². The lowest BCUT2D eigenvalue weighted by Gasteiger charge is -2.50. The predicted molar refractivity (Wildman–Crippen MR) is 124 cm³/mol. The Balaban J connectivity index is 1.71. The van der Waals surface area contributed by atoms with Gasteiger partial charge in [-0.15, -0.1) is 0 Å². The molecule has 2 fully saturated rings. The molecule has 5 nitrogen and oxygen atoms in total. The number of rotatable bonds is 10. The molecule has 3 rings (SSSR count). The Morgan fingerprint density at radius 3 is 2.71 bits per heavy atom. The number of methoxy groups -OCH3 is 1. The maximum atomic E-state index is 12.9. The van der Waals surface area contributed by atoms with Gasteiger partial charge in [0.2, 0.25) is 0 Å². The van der Waals surface area contributed by atoms with E-state index in [0.29, 0.717) is 12.5 Å². The van der Waals surface area contributed by atoms with Crippen LogP contribution in [0.25, 0.3) is 0 Å². The van der Waals surface area contributed by atoms with Gasteiger partial charge in [0.1, 0.15) is 11.8 Å². The second-order valence-electron chi connectivity index (χ2n) is 9.76. The van der Waals surface area contributed by atoms with Gasteiger partial charge in [-0.05, 0) is 49.4 Å². The Labute approximate surface area is 188 Å². The van der Waals surface area contributed by atoms with Crippen molar-refractivity contribution in [2.75, 3.05) is 26.7 Å². The van der Waals surface area contributed by atoms with Gasteiger partial charge in [0.25, 0.3) is 5.91 Å². The van der Waals surface area contributed by atoms with Crippen molar-refractivity contribution < 1.29 is 19.5 Å². The molecular weight excluding hydrogens is 388 g/mol. The monoisotopic (exact) mass is 431 g/mol. The minimum absolute atomic E-state index is 0.143. The molecule has 0 bridgehead atoms. The molecular formula is C26H43N2O3+. The van der Waals surface area contributed by atoms with E-state index in [4.69, 9.17) is 4.74 Å². The first kappa shape index (κ1) is 24.1. The first-order valence-electron chi connectivity index (χ1n) is 12.5. The number of carbonyl (C=O) groups is 1. The van der Waals surface area contributed by atoms with Crippen LogP contribution in [0.2, 0.25) is 0 Å². The molecule has 31 heavy (non-hydrogen) atoms. The molecule has 1 saturated carbocycles. The minimum atomic E-state index is -0.587. The summed E-state index contributed by atoms with van der Waals surface area (Å²) < 4.78 is 5.35. The summed E-state index contributed by atoms with van der Waals surface area (Å²) in [7, 11) is 1.68. The second-order valence-corrected chi connectivity index (χ2v) is 9.76. The van der Waals surface area contributed by atoms with Gasteiger partial charge in [0, 0.05) is 24.4 Å². The summed E-state index contributed by atoms with van der Waals surface area (Å²) >= 11 is 0. The van der Waals surface area contributed by atoms with Crippen LogP contribution >= 0.6 is 0 Å². The molecule has 0 radical (unpaired) electrons. The molecule has 5 heteroatoms. The van der Waals surface area contributed by atoms with Crippen LogP contribution in [0.3, 0.4) is 0 Å². The lowest BCUT2D eigenvalue weighted by molar-refractivity contribution is -0.937. The Morgan fingerprint density at radius 1 is 1.26 bits per heavy atom. The highest BCUT2D eigenvalue weighted by Gasteiger charge is 2.51. The van der Waals surface area contributed by atoms with Crippen LogP contribution in [0.15, 0.2) is 24.3 Å². The summed E-state index contributed by atoms with van der Waals surface area (Å²) in [4.78, 5) is 14.2. The summed E-state index contributed by atoms with van der Waals surface area (Å²) in [5.41, 5.74) is 0.624. The minimum Gasteiger partial charge on any atom is -0.497 e. The molecule has 174 valence electrons. The van der Waals surface area contributed by atoms with Gasteiger partial charge in [-0.25, -0.2) is 0 Å². The van der Waals surface area contributed by atoms with Crippen LogP contribution in [0.4, 0.5) is 0 Å². The number of benzene rings is 1. The largest absolute Gasteiger partial charge is 0.497 e. The molecule has 1 aliphatic carbocycles. The number of quaternary nitrogens is 1. The van der Waals surface area contributed by atoms with E-state index in [1.807, 2.05) is 12.1 Å². The van der Waals surface area contributed by atoms with Crippen LogP contribution in [0.1, 0.15) is 83.2 Å². The molecule has 0 aromatic heterocycles. The number of hydrogen-bond acceptors (Lipinski definition) is 3. The van der Waals surface area contributed by atoms with E-state index < -0.39 is 5.60 Å². The molecule has 1 heterocycles. The van der Waals surface area contributed by atoms with E-state index in [1.54, 1.807) is 7.11 Å². The van der Waals surface area contributed by atoms with Gasteiger partial charge in [-0.2, -0.15) is 0 Å². The third-order valence-corrected chi connectivity index (χ3v) is 7.78. The van der Waals surface area contributed by atoms with E-state index in [-0.39, 0.29) is 17.9 Å². The van der Waals surface area contributed by atoms with Crippen molar-refractivity contribution in [3.05, 3.63) is 29.8 Å². The number of hydrogen-bond donors (Lipinski definition) is 3. The Morgan fingerprint density at radius 2 is 2.03 bits per heavy atom. The number of nitrogens with one attached hydrogen (secondary N) is 2. The van der Waals surface area contributed by atoms with Gasteiger partial charge >= 0.3 is 0 Å². The fourth-order valence-electron chi connectivity index (χ4n) is 5.80. The van der Waals surface area contributed by atoms with Crippen molar-refractivity contribution in [1.82, 2.24) is 5.32 Å². The van der Waals surface area contributed by atoms with E-state index in [1.165, 1.54) is 29.7 Å². The van der Waals surface area contributed by atoms with Crippen LogP contribution in [-0.2, 0) is 4.79 Å². The zero-order valence-electron chi connectivity index (χ0n) is 19.8. The number of carbonyl (C=O) groups excluding carboxylic acids is 1. The molecule has 1 unspecified atom stereocenters. The smallest absolute Gasteiger partial charge is 0.275 e. The highest BCUT2D eigenvalue weighted by Crippen LogP contribution is 2.44. The quantitative estimate of drug-likeness (QED) is 0.533. The number of ether oxygens (including phenoxy) is 1. The predicted octanol–water partition coefficient (Wildman–Crippen LogP) is 3.28. The lowest BCUT2D eigenvalue weighted by Crippen LogP contribution is -3.16. The Hall–Kier alpha value is -1.59. The second kappa shape index (κ2) is 11.3. The Bertz CT molecular complexity index is 692. The molecule has 1 aromatic carbocycles. The molecule has 1 aromatic rings. The van der Waals surface area contributed by atoms with Gasteiger partial charge in [-0.3, -0.25) is 4.79 Å². The third-order valence-electron chi connectivity index (χ3n) is 7.78. The summed E-state index contributed by atoms with van der Waals surface area (Å²) in [5, 5.41) is 14.6. The first-order chi connectivity index (χ1) is 15.0. The summed E-state index contributed by atoms with van der Waals surface area (Å²) in [6.07, 6.45) is 9.71. The van der Waals surface area contributed by atoms with E-state index in [0.717, 1.165) is 57.4 Å². The van der Waals surface area contributed by atoms with Gasteiger partial charge < -0.3 is 20.1 Å². The summed E-state index contributed by atoms with van der Waals surface area (Å²) in [6, 6.07) is 8.41. The third kappa shape index (κ3) is 6.01. The maximum absolute atomic E-state index is 12.9. The number of unbranched alkanes of at least 4 members (excludes halogenated alkanes) is 1. The van der Waals surface area contributed by atoms with E-state index in [2.05, 4.69) is 31.3 Å². The molecule has 1 aliphatic heterocycles. The van der Waals surface area contributed by atoms with Crippen molar-refractivity contribution in [2.45, 2.75) is 83.3 Å². The topological polar surface area (TPSA) is 63.0 Å². The van der Waals surface area contributed by atoms with Crippen molar-refractivity contribution in [1.29, 1.82) is 0 Å². The average molecular weight is 432 g/mol. The fourth-order valence-corrected chi connectivity index (χ4v) is 5.80. The normalized spacial score (nSPS) is 29.1. The number of amides is 1. The standard InChI is InChI=1S/C26H42N2O3/c1-4-6-9-20(5-2)18-27-24(29)19-28-17-16-26(30)15-8-7-10-23(26)25(28)21-11-13-22(31-3)14-12-21/h11-14,20,23,25,30H,4-10,15-19H2,1-3H3,(H,27,29)/p+1/t20-,23+,25+,26+/m0/s1. The van der Waals surface area contributed by atoms with Crippen LogP contribution in [0, 0.1) is 11.8 Å². The highest BCUT2D eigenvalue weighted by atomic mass is 16.5. The van der Waals surface area contributed by atoms with E-state index in [9.17, 15) is 9.90 Å². The zero-order chi connectivity index (χ0) is 22.3. The molecule has 1 saturated heterocycles. The number of fused-ring (bicyclic) bond motifs is 1. The average Bonchev–Trinajstić information content (AvgIpc) is 2.79. The van der Waals surface area contributed by atoms with Crippen LogP contribution in [0.5, 0.6) is 5.75 Å². The van der Waals surface area contributed by atoms with Crippen molar-refractivity contribution in [3.8, 4) is 5.75 Å². The summed E-state index contributed by atoms with van der Waals surface area (Å²) in [5.74, 6) is 1.76. The summed E-state index contributed by atoms with van der Waals surface area (Å²) in [6.45, 7) is 6.53. The molecule has 2 aliphatic rings. The van der Waals surface area contributed by atoms with Crippen molar-refractivity contribution >= 4 is 5.91 Å². The molecule has 0 spiro atoms. The Kier molecular flexibility index (Phi) is 8.79. The fraction of sp³-hybridized carbons (Fsp3) is 0.731. The lowest BCUT2D eigenvalue weighted by atomic mass is 9.66. The number of piperidine rings is 1. The van der Waals surface area contributed by atoms with Crippen molar-refractivity contribution in [2.24, 2.45) is 11.8 Å². The zero-order valence-corrected chi connectivity index (χ0v) is 19.8. The molecule has 3 N–H and O–H groups in total. The molecule has 5 atom stereocenters. The van der Waals surface area contributed by atoms with Crippen LogP contribution < -0.4 is 15.0 Å². The maximum Gasteiger partial charge on any atom is 0.275 e. The molecule has 1 amide bonds. The first-order valence-corrected chi connectivity index (χ1v) is 12.5. The SMILES string of the molecule is CCCC[C@H](CC)CNC(=O)C[NH+]1CC[C@]2(O)CCCC[C@@H]2[C@H]1c1ccc(OC)cc1. The highest BCUT2D eigenvalue weighted by molar-refractivity contribution is 5.76. The number of likely N-dealkylation sites (tertiary alicyclic amines) is 1. The van der Waals surface area contributed by atoms with Crippen molar-refractivity contribution in [3.63, 3.8) is 0 Å². The van der Waals surface area contributed by atoms with Gasteiger partial charge in [0.05, 0.1) is 19.3 Å². The van der Waals surface area contributed by atoms with Gasteiger partial charge in [-0.1, -0.05) is 46.0 Å².